The molecule has 4 aliphatic carbocycles. The molecular formula is C14H24BrN. The Morgan fingerprint density at radius 1 is 1.06 bits per heavy atom. The molecule has 1 nitrogen and oxygen atoms in total. The Bertz CT molecular complexity index is 225. The van der Waals surface area contributed by atoms with E-state index >= 15 is 0 Å². The summed E-state index contributed by atoms with van der Waals surface area (Å²) in [5.74, 6) is 5.35. The van der Waals surface area contributed by atoms with E-state index in [1.165, 1.54) is 0 Å². The van der Waals surface area contributed by atoms with Crippen LogP contribution in [0.3, 0.4) is 0 Å². The molecule has 1 atom stereocenters. The first-order valence-corrected chi connectivity index (χ1v) is 8.19. The van der Waals surface area contributed by atoms with Crippen LogP contribution in [-0.2, 0) is 0 Å². The first kappa shape index (κ1) is 11.5. The lowest BCUT2D eigenvalue weighted by Crippen LogP contribution is -2.52. The van der Waals surface area contributed by atoms with Crippen LogP contribution in [0.2, 0.25) is 0 Å². The van der Waals surface area contributed by atoms with E-state index in [2.05, 4.69) is 28.2 Å². The molecule has 4 fully saturated rings. The zero-order chi connectivity index (χ0) is 11.1. The highest BCUT2D eigenvalue weighted by atomic mass is 79.9. The molecule has 0 aromatic carbocycles. The summed E-state index contributed by atoms with van der Waals surface area (Å²) in [6.07, 6.45) is 7.79. The van der Waals surface area contributed by atoms with Gasteiger partial charge in [-0.15, -0.1) is 0 Å². The predicted molar refractivity (Wildman–Crippen MR) is 71.8 cm³/mol. The van der Waals surface area contributed by atoms with Gasteiger partial charge in [0.2, 0.25) is 0 Å². The van der Waals surface area contributed by atoms with Gasteiger partial charge in [-0.05, 0) is 68.6 Å². The van der Waals surface area contributed by atoms with Crippen LogP contribution in [0.25, 0.3) is 0 Å². The highest BCUT2D eigenvalue weighted by molar-refractivity contribution is 9.09. The molecule has 0 aromatic heterocycles. The zero-order valence-corrected chi connectivity index (χ0v) is 11.9. The Morgan fingerprint density at radius 2 is 1.62 bits per heavy atom. The molecular weight excluding hydrogens is 262 g/mol. The van der Waals surface area contributed by atoms with Crippen LogP contribution in [-0.4, -0.2) is 17.9 Å². The summed E-state index contributed by atoms with van der Waals surface area (Å²) in [5.41, 5.74) is 0. The normalized spacial score (nSPS) is 47.2. The van der Waals surface area contributed by atoms with Crippen LogP contribution in [0.5, 0.6) is 0 Å². The van der Waals surface area contributed by atoms with Crippen molar-refractivity contribution in [2.75, 3.05) is 11.9 Å². The van der Waals surface area contributed by atoms with E-state index in [9.17, 15) is 0 Å². The maximum absolute atomic E-state index is 3.71. The molecule has 0 saturated heterocycles. The quantitative estimate of drug-likeness (QED) is 0.781. The summed E-state index contributed by atoms with van der Waals surface area (Å²) >= 11 is 3.52. The lowest BCUT2D eigenvalue weighted by atomic mass is 9.50. The summed E-state index contributed by atoms with van der Waals surface area (Å²) in [6, 6.07) is 0.743. The monoisotopic (exact) mass is 285 g/mol. The van der Waals surface area contributed by atoms with Crippen molar-refractivity contribution < 1.29 is 0 Å². The van der Waals surface area contributed by atoms with E-state index in [1.54, 1.807) is 32.1 Å². The van der Waals surface area contributed by atoms with Crippen LogP contribution in [0, 0.1) is 29.6 Å². The standard InChI is InChI=1S/C14H24BrN/c1-9(16-3-2-15)14-12-5-10-4-11(7-12)8-13(14)6-10/h9-14,16H,2-8H2,1H3. The number of hydrogen-bond acceptors (Lipinski definition) is 1. The van der Waals surface area contributed by atoms with Gasteiger partial charge in [-0.25, -0.2) is 0 Å². The summed E-state index contributed by atoms with van der Waals surface area (Å²) in [5, 5.41) is 4.80. The third kappa shape index (κ3) is 1.96. The van der Waals surface area contributed by atoms with Gasteiger partial charge in [0.05, 0.1) is 0 Å². The van der Waals surface area contributed by atoms with Crippen molar-refractivity contribution in [1.82, 2.24) is 5.32 Å². The number of rotatable bonds is 4. The fraction of sp³-hybridized carbons (Fsp3) is 1.00. The highest BCUT2D eigenvalue weighted by Crippen LogP contribution is 2.57. The van der Waals surface area contributed by atoms with Crippen molar-refractivity contribution in [1.29, 1.82) is 0 Å². The molecule has 0 aliphatic heterocycles. The largest absolute Gasteiger partial charge is 0.313 e. The van der Waals surface area contributed by atoms with Gasteiger partial charge in [-0.2, -0.15) is 0 Å². The molecule has 92 valence electrons. The Balaban J connectivity index is 1.67. The van der Waals surface area contributed by atoms with Gasteiger partial charge in [0, 0.05) is 17.9 Å². The third-order valence-corrected chi connectivity index (χ3v) is 5.83. The zero-order valence-electron chi connectivity index (χ0n) is 10.3. The van der Waals surface area contributed by atoms with E-state index in [4.69, 9.17) is 0 Å². The number of hydrogen-bond donors (Lipinski definition) is 1. The molecule has 0 aromatic rings. The average Bonchev–Trinajstić information content (AvgIpc) is 2.24. The molecule has 4 aliphatic rings. The van der Waals surface area contributed by atoms with Crippen LogP contribution in [0.15, 0.2) is 0 Å². The fourth-order valence-electron chi connectivity index (χ4n) is 5.20. The topological polar surface area (TPSA) is 12.0 Å². The minimum Gasteiger partial charge on any atom is -0.313 e. The van der Waals surface area contributed by atoms with E-state index in [0.717, 1.165) is 47.5 Å². The first-order valence-electron chi connectivity index (χ1n) is 7.07. The van der Waals surface area contributed by atoms with Gasteiger partial charge in [0.25, 0.3) is 0 Å². The minimum atomic E-state index is 0.743. The Morgan fingerprint density at radius 3 is 2.12 bits per heavy atom. The van der Waals surface area contributed by atoms with Gasteiger partial charge in [-0.1, -0.05) is 15.9 Å². The number of nitrogens with one attached hydrogen (secondary N) is 1. The van der Waals surface area contributed by atoms with Gasteiger partial charge in [-0.3, -0.25) is 0 Å². The lowest BCUT2D eigenvalue weighted by molar-refractivity contribution is -0.0489. The summed E-state index contributed by atoms with van der Waals surface area (Å²) in [6.45, 7) is 3.56. The van der Waals surface area contributed by atoms with Gasteiger partial charge >= 0.3 is 0 Å². The summed E-state index contributed by atoms with van der Waals surface area (Å²) < 4.78 is 0. The SMILES string of the molecule is CC(NCCBr)C1C2CC3CC(C2)CC1C3. The van der Waals surface area contributed by atoms with E-state index in [1.807, 2.05) is 0 Å². The van der Waals surface area contributed by atoms with Gasteiger partial charge < -0.3 is 5.32 Å². The second-order valence-electron chi connectivity index (χ2n) is 6.44. The smallest absolute Gasteiger partial charge is 0.0157 e. The highest BCUT2D eigenvalue weighted by Gasteiger charge is 2.49. The molecule has 0 amide bonds. The first-order chi connectivity index (χ1) is 7.78. The molecule has 0 spiro atoms. The van der Waals surface area contributed by atoms with Crippen molar-refractivity contribution in [3.63, 3.8) is 0 Å². The van der Waals surface area contributed by atoms with Crippen LogP contribution >= 0.6 is 15.9 Å². The van der Waals surface area contributed by atoms with Crippen molar-refractivity contribution in [3.05, 3.63) is 0 Å². The molecule has 0 radical (unpaired) electrons. The Kier molecular flexibility index (Phi) is 3.32. The van der Waals surface area contributed by atoms with Crippen LogP contribution in [0.1, 0.15) is 39.0 Å². The Labute approximate surface area is 108 Å². The minimum absolute atomic E-state index is 0.743. The molecule has 4 saturated carbocycles. The average molecular weight is 286 g/mol. The van der Waals surface area contributed by atoms with Gasteiger partial charge in [0.15, 0.2) is 0 Å². The summed E-state index contributed by atoms with van der Waals surface area (Å²) in [7, 11) is 0. The molecule has 0 heterocycles. The van der Waals surface area contributed by atoms with Crippen molar-refractivity contribution in [2.45, 2.75) is 45.1 Å². The van der Waals surface area contributed by atoms with E-state index < -0.39 is 0 Å². The second kappa shape index (κ2) is 4.61. The molecule has 4 rings (SSSR count). The van der Waals surface area contributed by atoms with Crippen molar-refractivity contribution >= 4 is 15.9 Å². The van der Waals surface area contributed by atoms with E-state index in [-0.39, 0.29) is 0 Å². The van der Waals surface area contributed by atoms with E-state index in [0.29, 0.717) is 0 Å². The third-order valence-electron chi connectivity index (χ3n) is 5.44. The molecule has 16 heavy (non-hydrogen) atoms. The maximum atomic E-state index is 3.71. The van der Waals surface area contributed by atoms with Crippen LogP contribution in [0.4, 0.5) is 0 Å². The Hall–Kier alpha value is 0.440. The molecule has 1 unspecified atom stereocenters. The molecule has 4 bridgehead atoms. The number of halogens is 1. The van der Waals surface area contributed by atoms with Crippen molar-refractivity contribution in [2.24, 2.45) is 29.6 Å². The molecule has 2 heteroatoms. The number of alkyl halides is 1. The van der Waals surface area contributed by atoms with Crippen LogP contribution < -0.4 is 5.32 Å². The lowest BCUT2D eigenvalue weighted by Gasteiger charge is -2.56. The predicted octanol–water partition coefficient (Wildman–Crippen LogP) is 3.43. The molecule has 1 N–H and O–H groups in total. The second-order valence-corrected chi connectivity index (χ2v) is 7.23. The van der Waals surface area contributed by atoms with Crippen molar-refractivity contribution in [3.8, 4) is 0 Å². The fourth-order valence-corrected chi connectivity index (χ4v) is 5.43. The maximum Gasteiger partial charge on any atom is 0.0157 e. The summed E-state index contributed by atoms with van der Waals surface area (Å²) in [4.78, 5) is 0. The van der Waals surface area contributed by atoms with Gasteiger partial charge in [0.1, 0.15) is 0 Å².